The molecule has 1 saturated heterocycles. The van der Waals surface area contributed by atoms with Crippen LogP contribution in [0, 0.1) is 0 Å². The molecule has 4 nitrogen and oxygen atoms in total. The van der Waals surface area contributed by atoms with E-state index in [-0.39, 0.29) is 11.9 Å². The minimum absolute atomic E-state index is 0.122. The third-order valence-electron chi connectivity index (χ3n) is 3.18. The fourth-order valence-corrected chi connectivity index (χ4v) is 2.74. The van der Waals surface area contributed by atoms with Crippen molar-refractivity contribution in [3.8, 4) is 0 Å². The number of carbonyl (C=O) groups is 2. The molecule has 1 fully saturated rings. The summed E-state index contributed by atoms with van der Waals surface area (Å²) < 4.78 is 5.77. The van der Waals surface area contributed by atoms with Crippen molar-refractivity contribution in [3.05, 3.63) is 34.3 Å². The number of carbonyl (C=O) groups excluding carboxylic acids is 2. The summed E-state index contributed by atoms with van der Waals surface area (Å²) in [5.74, 6) is -0.427. The molecule has 1 atom stereocenters. The molecule has 1 aliphatic heterocycles. The second-order valence-corrected chi connectivity index (χ2v) is 5.24. The molecule has 0 bridgehead atoms. The third-order valence-corrected chi connectivity index (χ3v) is 3.87. The molecule has 1 amide bonds. The van der Waals surface area contributed by atoms with Gasteiger partial charge in [0.25, 0.3) is 5.91 Å². The van der Waals surface area contributed by atoms with Crippen molar-refractivity contribution in [3.63, 3.8) is 0 Å². The molecule has 1 aromatic rings. The summed E-state index contributed by atoms with van der Waals surface area (Å²) >= 11 is 3.37. The standard InChI is InChI=1S/C14H16BrNO3/c1-2-19-14(18)12-8-5-9-16(12)13(17)10-6-3-4-7-11(10)15/h3-4,6-7,12H,2,5,8-9H2,1H3. The van der Waals surface area contributed by atoms with Crippen LogP contribution < -0.4 is 0 Å². The van der Waals surface area contributed by atoms with E-state index >= 15 is 0 Å². The zero-order valence-corrected chi connectivity index (χ0v) is 12.4. The average molecular weight is 326 g/mol. The molecule has 0 aromatic heterocycles. The maximum absolute atomic E-state index is 12.5. The van der Waals surface area contributed by atoms with E-state index in [1.165, 1.54) is 0 Å². The first-order valence-electron chi connectivity index (χ1n) is 6.37. The van der Waals surface area contributed by atoms with Gasteiger partial charge in [-0.1, -0.05) is 12.1 Å². The van der Waals surface area contributed by atoms with Gasteiger partial charge >= 0.3 is 5.97 Å². The molecule has 1 aliphatic rings. The van der Waals surface area contributed by atoms with Crippen LogP contribution in [0.2, 0.25) is 0 Å². The van der Waals surface area contributed by atoms with Crippen molar-refractivity contribution >= 4 is 27.8 Å². The van der Waals surface area contributed by atoms with Gasteiger partial charge in [-0.2, -0.15) is 0 Å². The smallest absolute Gasteiger partial charge is 0.328 e. The highest BCUT2D eigenvalue weighted by Crippen LogP contribution is 2.24. The van der Waals surface area contributed by atoms with Crippen molar-refractivity contribution in [2.24, 2.45) is 0 Å². The van der Waals surface area contributed by atoms with Gasteiger partial charge in [-0.3, -0.25) is 4.79 Å². The van der Waals surface area contributed by atoms with Gasteiger partial charge in [-0.15, -0.1) is 0 Å². The van der Waals surface area contributed by atoms with Gasteiger partial charge in [-0.05, 0) is 47.8 Å². The first kappa shape index (κ1) is 14.1. The van der Waals surface area contributed by atoms with Gasteiger partial charge in [0, 0.05) is 11.0 Å². The number of benzene rings is 1. The topological polar surface area (TPSA) is 46.6 Å². The lowest BCUT2D eigenvalue weighted by Gasteiger charge is -2.23. The Morgan fingerprint density at radius 2 is 2.16 bits per heavy atom. The highest BCUT2D eigenvalue weighted by molar-refractivity contribution is 9.10. The van der Waals surface area contributed by atoms with Crippen molar-refractivity contribution in [2.75, 3.05) is 13.2 Å². The second-order valence-electron chi connectivity index (χ2n) is 4.39. The molecule has 19 heavy (non-hydrogen) atoms. The summed E-state index contributed by atoms with van der Waals surface area (Å²) in [5, 5.41) is 0. The maximum atomic E-state index is 12.5. The number of hydrogen-bond donors (Lipinski definition) is 0. The van der Waals surface area contributed by atoms with E-state index in [9.17, 15) is 9.59 Å². The molecule has 2 rings (SSSR count). The Morgan fingerprint density at radius 1 is 1.42 bits per heavy atom. The zero-order chi connectivity index (χ0) is 13.8. The SMILES string of the molecule is CCOC(=O)C1CCCN1C(=O)c1ccccc1Br. The number of esters is 1. The van der Waals surface area contributed by atoms with E-state index < -0.39 is 6.04 Å². The Balaban J connectivity index is 2.19. The minimum atomic E-state index is -0.445. The van der Waals surface area contributed by atoms with E-state index in [4.69, 9.17) is 4.74 Å². The van der Waals surface area contributed by atoms with Gasteiger partial charge in [-0.25, -0.2) is 4.79 Å². The van der Waals surface area contributed by atoms with Gasteiger partial charge in [0.05, 0.1) is 12.2 Å². The quantitative estimate of drug-likeness (QED) is 0.802. The van der Waals surface area contributed by atoms with Gasteiger partial charge in [0.1, 0.15) is 6.04 Å². The molecule has 0 radical (unpaired) electrons. The van der Waals surface area contributed by atoms with Crippen molar-refractivity contribution < 1.29 is 14.3 Å². The van der Waals surface area contributed by atoms with Gasteiger partial charge in [0.2, 0.25) is 0 Å². The molecule has 0 spiro atoms. The Hall–Kier alpha value is -1.36. The monoisotopic (exact) mass is 325 g/mol. The summed E-state index contributed by atoms with van der Waals surface area (Å²) in [5.41, 5.74) is 0.582. The number of likely N-dealkylation sites (tertiary alicyclic amines) is 1. The van der Waals surface area contributed by atoms with E-state index in [0.717, 1.165) is 10.9 Å². The molecule has 0 saturated carbocycles. The van der Waals surface area contributed by atoms with Crippen LogP contribution >= 0.6 is 15.9 Å². The lowest BCUT2D eigenvalue weighted by atomic mass is 10.1. The summed E-state index contributed by atoms with van der Waals surface area (Å²) in [6, 6.07) is 6.80. The first-order chi connectivity index (χ1) is 9.15. The Labute approximate surface area is 120 Å². The van der Waals surface area contributed by atoms with Crippen LogP contribution in [0.1, 0.15) is 30.1 Å². The molecule has 0 aliphatic carbocycles. The first-order valence-corrected chi connectivity index (χ1v) is 7.16. The lowest BCUT2D eigenvalue weighted by molar-refractivity contribution is -0.147. The maximum Gasteiger partial charge on any atom is 0.328 e. The van der Waals surface area contributed by atoms with Crippen LogP contribution in [-0.4, -0.2) is 36.0 Å². The molecule has 0 N–H and O–H groups in total. The van der Waals surface area contributed by atoms with Crippen LogP contribution in [0.4, 0.5) is 0 Å². The molecule has 1 heterocycles. The van der Waals surface area contributed by atoms with Crippen molar-refractivity contribution in [1.82, 2.24) is 4.90 Å². The summed E-state index contributed by atoms with van der Waals surface area (Å²) in [6.45, 7) is 2.71. The normalized spacial score (nSPS) is 18.4. The molecule has 1 unspecified atom stereocenters. The van der Waals surface area contributed by atoms with Crippen LogP contribution in [0.5, 0.6) is 0 Å². The zero-order valence-electron chi connectivity index (χ0n) is 10.8. The molecular formula is C14H16BrNO3. The number of rotatable bonds is 3. The van der Waals surface area contributed by atoms with Crippen LogP contribution in [0.3, 0.4) is 0 Å². The fourth-order valence-electron chi connectivity index (χ4n) is 2.28. The van der Waals surface area contributed by atoms with E-state index in [1.807, 2.05) is 18.2 Å². The number of ether oxygens (including phenoxy) is 1. The Kier molecular flexibility index (Phi) is 4.58. The summed E-state index contributed by atoms with van der Waals surface area (Å²) in [7, 11) is 0. The largest absolute Gasteiger partial charge is 0.464 e. The average Bonchev–Trinajstić information content (AvgIpc) is 2.88. The van der Waals surface area contributed by atoms with Crippen molar-refractivity contribution in [2.45, 2.75) is 25.8 Å². The summed E-state index contributed by atoms with van der Waals surface area (Å²) in [6.07, 6.45) is 1.51. The van der Waals surface area contributed by atoms with Crippen LogP contribution in [-0.2, 0) is 9.53 Å². The highest BCUT2D eigenvalue weighted by atomic mass is 79.9. The Morgan fingerprint density at radius 3 is 2.84 bits per heavy atom. The second kappa shape index (κ2) is 6.19. The number of halogens is 1. The predicted molar refractivity (Wildman–Crippen MR) is 74.8 cm³/mol. The van der Waals surface area contributed by atoms with E-state index in [0.29, 0.717) is 25.1 Å². The lowest BCUT2D eigenvalue weighted by Crippen LogP contribution is -2.41. The van der Waals surface area contributed by atoms with Crippen LogP contribution in [0.15, 0.2) is 28.7 Å². The van der Waals surface area contributed by atoms with Crippen LogP contribution in [0.25, 0.3) is 0 Å². The number of hydrogen-bond acceptors (Lipinski definition) is 3. The van der Waals surface area contributed by atoms with Gasteiger partial charge in [0.15, 0.2) is 0 Å². The van der Waals surface area contributed by atoms with E-state index in [2.05, 4.69) is 15.9 Å². The van der Waals surface area contributed by atoms with Gasteiger partial charge < -0.3 is 9.64 Å². The number of nitrogens with zero attached hydrogens (tertiary/aromatic N) is 1. The molecular weight excluding hydrogens is 310 g/mol. The van der Waals surface area contributed by atoms with Crippen molar-refractivity contribution in [1.29, 1.82) is 0 Å². The highest BCUT2D eigenvalue weighted by Gasteiger charge is 2.35. The fraction of sp³-hybridized carbons (Fsp3) is 0.429. The molecule has 102 valence electrons. The minimum Gasteiger partial charge on any atom is -0.464 e. The molecule has 5 heteroatoms. The summed E-state index contributed by atoms with van der Waals surface area (Å²) in [4.78, 5) is 25.9. The molecule has 1 aromatic carbocycles. The number of amides is 1. The Bertz CT molecular complexity index is 489. The predicted octanol–water partition coefficient (Wildman–Crippen LogP) is 2.62. The van der Waals surface area contributed by atoms with E-state index in [1.54, 1.807) is 17.9 Å². The third kappa shape index (κ3) is 2.97.